The van der Waals surface area contributed by atoms with E-state index < -0.39 is 0 Å². The fourth-order valence-electron chi connectivity index (χ4n) is 1.88. The van der Waals surface area contributed by atoms with E-state index in [4.69, 9.17) is 4.74 Å². The van der Waals surface area contributed by atoms with E-state index in [-0.39, 0.29) is 11.6 Å². The standard InChI is InChI=1S/C16H19NO2S.C2H6/c1-12(2)17-9-8-15(10-16(17)18)20-11-13-4-6-14(19-3)7-5-13;1-2/h4-10,12H,11H2,1-3H3;1-2H3. The summed E-state index contributed by atoms with van der Waals surface area (Å²) in [4.78, 5) is 12.9. The number of rotatable bonds is 5. The number of hydrogen-bond donors (Lipinski definition) is 0. The van der Waals surface area contributed by atoms with E-state index in [0.29, 0.717) is 0 Å². The molecule has 4 heteroatoms. The van der Waals surface area contributed by atoms with Crippen LogP contribution in [-0.2, 0) is 5.75 Å². The minimum Gasteiger partial charge on any atom is -0.497 e. The van der Waals surface area contributed by atoms with Crippen LogP contribution in [0, 0.1) is 0 Å². The van der Waals surface area contributed by atoms with Crippen LogP contribution in [0.1, 0.15) is 39.3 Å². The molecule has 120 valence electrons. The van der Waals surface area contributed by atoms with Crippen LogP contribution in [-0.4, -0.2) is 11.7 Å². The summed E-state index contributed by atoms with van der Waals surface area (Å²) in [6.07, 6.45) is 1.86. The molecule has 0 saturated heterocycles. The molecule has 0 aliphatic carbocycles. The van der Waals surface area contributed by atoms with Gasteiger partial charge in [0.05, 0.1) is 7.11 Å². The second kappa shape index (κ2) is 9.36. The molecule has 1 aromatic carbocycles. The highest BCUT2D eigenvalue weighted by atomic mass is 32.2. The van der Waals surface area contributed by atoms with E-state index in [9.17, 15) is 4.79 Å². The van der Waals surface area contributed by atoms with Crippen molar-refractivity contribution in [1.82, 2.24) is 4.57 Å². The first-order valence-corrected chi connectivity index (χ1v) is 8.56. The number of nitrogens with zero attached hydrogens (tertiary/aromatic N) is 1. The minimum absolute atomic E-state index is 0.0553. The highest BCUT2D eigenvalue weighted by molar-refractivity contribution is 7.98. The predicted octanol–water partition coefficient (Wildman–Crippen LogP) is 4.76. The lowest BCUT2D eigenvalue weighted by Crippen LogP contribution is -2.20. The van der Waals surface area contributed by atoms with Crippen molar-refractivity contribution in [3.8, 4) is 5.75 Å². The highest BCUT2D eigenvalue weighted by Gasteiger charge is 2.03. The Labute approximate surface area is 137 Å². The summed E-state index contributed by atoms with van der Waals surface area (Å²) in [6, 6.07) is 11.9. The van der Waals surface area contributed by atoms with Crippen molar-refractivity contribution in [1.29, 1.82) is 0 Å². The molecule has 1 heterocycles. The summed E-state index contributed by atoms with van der Waals surface area (Å²) in [5.74, 6) is 1.70. The second-order valence-electron chi connectivity index (χ2n) is 4.84. The van der Waals surface area contributed by atoms with Gasteiger partial charge < -0.3 is 9.30 Å². The van der Waals surface area contributed by atoms with Crippen LogP contribution in [0.5, 0.6) is 5.75 Å². The molecule has 0 radical (unpaired) electrons. The molecular formula is C18H25NO2S. The average molecular weight is 319 g/mol. The Morgan fingerprint density at radius 2 is 1.77 bits per heavy atom. The van der Waals surface area contributed by atoms with Crippen molar-refractivity contribution in [2.75, 3.05) is 7.11 Å². The molecule has 0 atom stereocenters. The van der Waals surface area contributed by atoms with Crippen molar-refractivity contribution in [3.63, 3.8) is 0 Å². The number of pyridine rings is 1. The van der Waals surface area contributed by atoms with Gasteiger partial charge in [-0.1, -0.05) is 26.0 Å². The van der Waals surface area contributed by atoms with E-state index in [1.807, 2.05) is 64.2 Å². The van der Waals surface area contributed by atoms with Gasteiger partial charge in [0.2, 0.25) is 0 Å². The SMILES string of the molecule is CC.COc1ccc(CSc2ccn(C(C)C)c(=O)c2)cc1. The average Bonchev–Trinajstić information content (AvgIpc) is 2.55. The number of methoxy groups -OCH3 is 1. The highest BCUT2D eigenvalue weighted by Crippen LogP contribution is 2.22. The smallest absolute Gasteiger partial charge is 0.251 e. The lowest BCUT2D eigenvalue weighted by Gasteiger charge is -2.10. The van der Waals surface area contributed by atoms with Crippen LogP contribution in [0.25, 0.3) is 0 Å². The van der Waals surface area contributed by atoms with Crippen LogP contribution >= 0.6 is 11.8 Å². The summed E-state index contributed by atoms with van der Waals surface area (Å²) in [6.45, 7) is 8.01. The Hall–Kier alpha value is -1.68. The normalized spacial score (nSPS) is 10.1. The summed E-state index contributed by atoms with van der Waals surface area (Å²) in [7, 11) is 1.66. The van der Waals surface area contributed by atoms with Gasteiger partial charge in [-0.3, -0.25) is 4.79 Å². The molecular weight excluding hydrogens is 294 g/mol. The molecule has 0 N–H and O–H groups in total. The third kappa shape index (κ3) is 5.26. The number of hydrogen-bond acceptors (Lipinski definition) is 3. The number of benzene rings is 1. The fourth-order valence-corrected chi connectivity index (χ4v) is 2.74. The first-order valence-electron chi connectivity index (χ1n) is 7.58. The minimum atomic E-state index is 0.0553. The molecule has 0 spiro atoms. The maximum atomic E-state index is 11.9. The molecule has 2 aromatic rings. The number of aromatic nitrogens is 1. The first kappa shape index (κ1) is 18.4. The Morgan fingerprint density at radius 1 is 1.14 bits per heavy atom. The largest absolute Gasteiger partial charge is 0.497 e. The lowest BCUT2D eigenvalue weighted by molar-refractivity contribution is 0.414. The number of thioether (sulfide) groups is 1. The zero-order valence-corrected chi connectivity index (χ0v) is 14.8. The molecule has 2 rings (SSSR count). The van der Waals surface area contributed by atoms with Gasteiger partial charge in [0, 0.05) is 29.0 Å². The zero-order valence-electron chi connectivity index (χ0n) is 14.0. The zero-order chi connectivity index (χ0) is 16.5. The van der Waals surface area contributed by atoms with Crippen molar-refractivity contribution in [2.24, 2.45) is 0 Å². The Balaban J connectivity index is 0.00000116. The van der Waals surface area contributed by atoms with E-state index in [1.54, 1.807) is 29.5 Å². The van der Waals surface area contributed by atoms with Crippen molar-refractivity contribution in [3.05, 3.63) is 58.5 Å². The topological polar surface area (TPSA) is 31.2 Å². The molecule has 0 aliphatic heterocycles. The van der Waals surface area contributed by atoms with Crippen molar-refractivity contribution in [2.45, 2.75) is 44.4 Å². The second-order valence-corrected chi connectivity index (χ2v) is 5.89. The summed E-state index contributed by atoms with van der Waals surface area (Å²) >= 11 is 1.67. The monoisotopic (exact) mass is 319 g/mol. The number of ether oxygens (including phenoxy) is 1. The predicted molar refractivity (Wildman–Crippen MR) is 95.0 cm³/mol. The Bertz CT molecular complexity index is 618. The third-order valence-electron chi connectivity index (χ3n) is 3.04. The maximum Gasteiger partial charge on any atom is 0.251 e. The van der Waals surface area contributed by atoms with E-state index in [1.165, 1.54) is 5.56 Å². The van der Waals surface area contributed by atoms with E-state index in [2.05, 4.69) is 0 Å². The first-order chi connectivity index (χ1) is 10.6. The quantitative estimate of drug-likeness (QED) is 0.745. The van der Waals surface area contributed by atoms with Gasteiger partial charge in [-0.2, -0.15) is 0 Å². The fraction of sp³-hybridized carbons (Fsp3) is 0.389. The van der Waals surface area contributed by atoms with Gasteiger partial charge in [-0.05, 0) is 37.6 Å². The Kier molecular flexibility index (Phi) is 7.82. The van der Waals surface area contributed by atoms with Gasteiger partial charge in [0.1, 0.15) is 5.75 Å². The molecule has 0 unspecified atom stereocenters. The summed E-state index contributed by atoms with van der Waals surface area (Å²) < 4.78 is 6.87. The molecule has 3 nitrogen and oxygen atoms in total. The van der Waals surface area contributed by atoms with Gasteiger partial charge in [0.15, 0.2) is 0 Å². The molecule has 1 aromatic heterocycles. The van der Waals surface area contributed by atoms with Gasteiger partial charge in [-0.25, -0.2) is 0 Å². The maximum absolute atomic E-state index is 11.9. The summed E-state index contributed by atoms with van der Waals surface area (Å²) in [5, 5.41) is 0. The van der Waals surface area contributed by atoms with Crippen molar-refractivity contribution < 1.29 is 4.74 Å². The van der Waals surface area contributed by atoms with Crippen LogP contribution < -0.4 is 10.3 Å². The molecule has 22 heavy (non-hydrogen) atoms. The van der Waals surface area contributed by atoms with E-state index in [0.717, 1.165) is 16.4 Å². The van der Waals surface area contributed by atoms with Gasteiger partial charge >= 0.3 is 0 Å². The third-order valence-corrected chi connectivity index (χ3v) is 4.11. The van der Waals surface area contributed by atoms with Gasteiger partial charge in [0.25, 0.3) is 5.56 Å². The van der Waals surface area contributed by atoms with Crippen LogP contribution in [0.2, 0.25) is 0 Å². The molecule has 0 aliphatic rings. The van der Waals surface area contributed by atoms with Crippen LogP contribution in [0.3, 0.4) is 0 Å². The Morgan fingerprint density at radius 3 is 2.27 bits per heavy atom. The molecule has 0 fully saturated rings. The molecule has 0 amide bonds. The van der Waals surface area contributed by atoms with E-state index >= 15 is 0 Å². The molecule has 0 bridgehead atoms. The van der Waals surface area contributed by atoms with Crippen LogP contribution in [0.4, 0.5) is 0 Å². The molecule has 0 saturated carbocycles. The summed E-state index contributed by atoms with van der Waals surface area (Å²) in [5.41, 5.74) is 1.27. The lowest BCUT2D eigenvalue weighted by atomic mass is 10.2. The van der Waals surface area contributed by atoms with Crippen molar-refractivity contribution >= 4 is 11.8 Å². The van der Waals surface area contributed by atoms with Gasteiger partial charge in [-0.15, -0.1) is 11.8 Å². The van der Waals surface area contributed by atoms with Crippen LogP contribution in [0.15, 0.2) is 52.3 Å².